The largest absolute Gasteiger partial charge is 0.478 e. The smallest absolute Gasteiger partial charge is 0.337 e. The molecule has 0 spiro atoms. The standard InChI is InChI=1S/C14H16N2O2S/c1-14(2,3)11-8-19-13(16-11)15-10-7-5-4-6-9(10)12(17)18/h4-8H,1-3H3,(H,15,16)(H,17,18). The SMILES string of the molecule is CC(C)(C)c1csc(Nc2ccccc2C(=O)O)n1. The summed E-state index contributed by atoms with van der Waals surface area (Å²) in [7, 11) is 0. The average Bonchev–Trinajstić information content (AvgIpc) is 2.77. The van der Waals surface area contributed by atoms with E-state index in [1.54, 1.807) is 24.3 Å². The third-order valence-corrected chi connectivity index (χ3v) is 3.43. The molecule has 5 heteroatoms. The Bertz CT molecular complexity index is 599. The maximum Gasteiger partial charge on any atom is 0.337 e. The van der Waals surface area contributed by atoms with Crippen LogP contribution in [0.25, 0.3) is 0 Å². The second kappa shape index (κ2) is 5.01. The lowest BCUT2D eigenvalue weighted by atomic mass is 9.93. The van der Waals surface area contributed by atoms with Crippen molar-refractivity contribution in [3.63, 3.8) is 0 Å². The van der Waals surface area contributed by atoms with E-state index in [-0.39, 0.29) is 11.0 Å². The fourth-order valence-electron chi connectivity index (χ4n) is 1.57. The van der Waals surface area contributed by atoms with Gasteiger partial charge in [0.15, 0.2) is 5.13 Å². The molecular weight excluding hydrogens is 260 g/mol. The van der Waals surface area contributed by atoms with Gasteiger partial charge in [-0.3, -0.25) is 0 Å². The summed E-state index contributed by atoms with van der Waals surface area (Å²) in [6, 6.07) is 6.81. The van der Waals surface area contributed by atoms with Crippen LogP contribution in [0.1, 0.15) is 36.8 Å². The number of anilines is 2. The van der Waals surface area contributed by atoms with Gasteiger partial charge in [0.2, 0.25) is 0 Å². The molecule has 0 saturated heterocycles. The zero-order chi connectivity index (χ0) is 14.0. The van der Waals surface area contributed by atoms with Crippen LogP contribution in [0.2, 0.25) is 0 Å². The Hall–Kier alpha value is -1.88. The third kappa shape index (κ3) is 3.12. The average molecular weight is 276 g/mol. The molecule has 1 heterocycles. The Kier molecular flexibility index (Phi) is 3.57. The summed E-state index contributed by atoms with van der Waals surface area (Å²) in [4.78, 5) is 15.6. The van der Waals surface area contributed by atoms with Gasteiger partial charge in [-0.25, -0.2) is 9.78 Å². The van der Waals surface area contributed by atoms with E-state index in [0.717, 1.165) is 5.69 Å². The maximum atomic E-state index is 11.1. The number of carbonyl (C=O) groups is 1. The number of aromatic carboxylic acids is 1. The van der Waals surface area contributed by atoms with Crippen LogP contribution in [0.4, 0.5) is 10.8 Å². The van der Waals surface area contributed by atoms with Gasteiger partial charge in [-0.2, -0.15) is 0 Å². The zero-order valence-corrected chi connectivity index (χ0v) is 11.9. The molecule has 0 fully saturated rings. The van der Waals surface area contributed by atoms with Crippen LogP contribution in [0.3, 0.4) is 0 Å². The summed E-state index contributed by atoms with van der Waals surface area (Å²) in [6.45, 7) is 6.28. The minimum absolute atomic E-state index is 0.0112. The first-order valence-corrected chi connectivity index (χ1v) is 6.81. The van der Waals surface area contributed by atoms with E-state index in [9.17, 15) is 4.79 Å². The number of rotatable bonds is 3. The fraction of sp³-hybridized carbons (Fsp3) is 0.286. The predicted molar refractivity (Wildman–Crippen MR) is 77.5 cm³/mol. The van der Waals surface area contributed by atoms with Gasteiger partial charge in [0.1, 0.15) is 0 Å². The second-order valence-electron chi connectivity index (χ2n) is 5.26. The van der Waals surface area contributed by atoms with Gasteiger partial charge >= 0.3 is 5.97 Å². The highest BCUT2D eigenvalue weighted by molar-refractivity contribution is 7.13. The highest BCUT2D eigenvalue weighted by Crippen LogP contribution is 2.29. The summed E-state index contributed by atoms with van der Waals surface area (Å²) in [5.74, 6) is -0.948. The lowest BCUT2D eigenvalue weighted by Gasteiger charge is -2.14. The van der Waals surface area contributed by atoms with Crippen LogP contribution in [-0.2, 0) is 5.41 Å². The fourth-order valence-corrected chi connectivity index (χ4v) is 2.52. The minimum atomic E-state index is -0.948. The first kappa shape index (κ1) is 13.5. The molecule has 0 unspecified atom stereocenters. The van der Waals surface area contributed by atoms with Crippen molar-refractivity contribution in [3.8, 4) is 0 Å². The number of hydrogen-bond donors (Lipinski definition) is 2. The van der Waals surface area contributed by atoms with Crippen molar-refractivity contribution >= 4 is 28.1 Å². The van der Waals surface area contributed by atoms with Gasteiger partial charge in [-0.05, 0) is 12.1 Å². The van der Waals surface area contributed by atoms with Crippen molar-refractivity contribution in [2.24, 2.45) is 0 Å². The van der Waals surface area contributed by atoms with Gasteiger partial charge in [-0.1, -0.05) is 32.9 Å². The number of carboxylic acid groups (broad SMARTS) is 1. The minimum Gasteiger partial charge on any atom is -0.478 e. The molecule has 4 nitrogen and oxygen atoms in total. The second-order valence-corrected chi connectivity index (χ2v) is 6.12. The van der Waals surface area contributed by atoms with Crippen LogP contribution >= 0.6 is 11.3 Å². The van der Waals surface area contributed by atoms with E-state index in [0.29, 0.717) is 10.8 Å². The monoisotopic (exact) mass is 276 g/mol. The molecule has 0 aliphatic rings. The molecule has 0 bridgehead atoms. The van der Waals surface area contributed by atoms with Crippen LogP contribution in [-0.4, -0.2) is 16.1 Å². The Labute approximate surface area is 116 Å². The summed E-state index contributed by atoms with van der Waals surface area (Å²) in [5, 5.41) is 14.9. The van der Waals surface area contributed by atoms with E-state index >= 15 is 0 Å². The molecule has 0 saturated carbocycles. The number of benzene rings is 1. The Balaban J connectivity index is 2.27. The Morgan fingerprint density at radius 3 is 2.58 bits per heavy atom. The number of para-hydroxylation sites is 1. The molecular formula is C14H16N2O2S. The molecule has 2 rings (SSSR count). The van der Waals surface area contributed by atoms with E-state index in [1.807, 2.05) is 5.38 Å². The summed E-state index contributed by atoms with van der Waals surface area (Å²) < 4.78 is 0. The highest BCUT2D eigenvalue weighted by atomic mass is 32.1. The van der Waals surface area contributed by atoms with Gasteiger partial charge in [0, 0.05) is 10.8 Å². The van der Waals surface area contributed by atoms with Crippen LogP contribution in [0.5, 0.6) is 0 Å². The molecule has 0 amide bonds. The van der Waals surface area contributed by atoms with Crippen molar-refractivity contribution in [1.82, 2.24) is 4.98 Å². The number of thiazole rings is 1. The highest BCUT2D eigenvalue weighted by Gasteiger charge is 2.18. The first-order chi connectivity index (χ1) is 8.88. The molecule has 100 valence electrons. The molecule has 0 aliphatic carbocycles. The van der Waals surface area contributed by atoms with Crippen LogP contribution in [0.15, 0.2) is 29.6 Å². The number of aromatic nitrogens is 1. The summed E-state index contributed by atoms with van der Waals surface area (Å²) in [5.41, 5.74) is 1.79. The molecule has 19 heavy (non-hydrogen) atoms. The lowest BCUT2D eigenvalue weighted by molar-refractivity contribution is 0.0698. The first-order valence-electron chi connectivity index (χ1n) is 5.93. The summed E-state index contributed by atoms with van der Waals surface area (Å²) in [6.07, 6.45) is 0. The Morgan fingerprint density at radius 1 is 1.32 bits per heavy atom. The quantitative estimate of drug-likeness (QED) is 0.893. The maximum absolute atomic E-state index is 11.1. The number of nitrogens with one attached hydrogen (secondary N) is 1. The number of nitrogens with zero attached hydrogens (tertiary/aromatic N) is 1. The predicted octanol–water partition coefficient (Wildman–Crippen LogP) is 3.88. The van der Waals surface area contributed by atoms with Crippen molar-refractivity contribution < 1.29 is 9.90 Å². The Morgan fingerprint density at radius 2 is 2.00 bits per heavy atom. The van der Waals surface area contributed by atoms with Crippen LogP contribution < -0.4 is 5.32 Å². The number of hydrogen-bond acceptors (Lipinski definition) is 4. The van der Waals surface area contributed by atoms with Gasteiger partial charge in [0.05, 0.1) is 16.9 Å². The van der Waals surface area contributed by atoms with Gasteiger partial charge < -0.3 is 10.4 Å². The zero-order valence-electron chi connectivity index (χ0n) is 11.1. The van der Waals surface area contributed by atoms with Crippen molar-refractivity contribution in [2.75, 3.05) is 5.32 Å². The van der Waals surface area contributed by atoms with Crippen molar-refractivity contribution in [1.29, 1.82) is 0 Å². The molecule has 1 aromatic carbocycles. The van der Waals surface area contributed by atoms with E-state index in [1.165, 1.54) is 11.3 Å². The van der Waals surface area contributed by atoms with E-state index < -0.39 is 5.97 Å². The van der Waals surface area contributed by atoms with Crippen molar-refractivity contribution in [2.45, 2.75) is 26.2 Å². The normalized spacial score (nSPS) is 11.3. The van der Waals surface area contributed by atoms with E-state index in [2.05, 4.69) is 31.1 Å². The van der Waals surface area contributed by atoms with Crippen molar-refractivity contribution in [3.05, 3.63) is 40.9 Å². The van der Waals surface area contributed by atoms with Crippen LogP contribution in [0, 0.1) is 0 Å². The topological polar surface area (TPSA) is 62.2 Å². The molecule has 2 aromatic rings. The molecule has 0 aliphatic heterocycles. The summed E-state index contributed by atoms with van der Waals surface area (Å²) >= 11 is 1.48. The van der Waals surface area contributed by atoms with Gasteiger partial charge in [-0.15, -0.1) is 11.3 Å². The molecule has 0 radical (unpaired) electrons. The number of carboxylic acids is 1. The molecule has 1 aromatic heterocycles. The molecule has 0 atom stereocenters. The van der Waals surface area contributed by atoms with Gasteiger partial charge in [0.25, 0.3) is 0 Å². The lowest BCUT2D eigenvalue weighted by Crippen LogP contribution is -2.11. The molecule has 2 N–H and O–H groups in total. The third-order valence-electron chi connectivity index (χ3n) is 2.67. The van der Waals surface area contributed by atoms with E-state index in [4.69, 9.17) is 5.11 Å².